The largest absolute Gasteiger partial charge is 0.493 e. The van der Waals surface area contributed by atoms with Crippen LogP contribution in [0.3, 0.4) is 0 Å². The van der Waals surface area contributed by atoms with Crippen molar-refractivity contribution in [3.8, 4) is 11.5 Å². The van der Waals surface area contributed by atoms with Crippen LogP contribution in [0.1, 0.15) is 15.9 Å². The number of aromatic amines is 2. The van der Waals surface area contributed by atoms with Crippen LogP contribution in [-0.4, -0.2) is 30.0 Å². The van der Waals surface area contributed by atoms with E-state index in [0.29, 0.717) is 28.1 Å². The van der Waals surface area contributed by atoms with Crippen molar-refractivity contribution in [2.75, 3.05) is 14.2 Å². The highest BCUT2D eigenvalue weighted by Crippen LogP contribution is 2.28. The first-order valence-electron chi connectivity index (χ1n) is 7.27. The molecule has 24 heavy (non-hydrogen) atoms. The Bertz CT molecular complexity index is 982. The summed E-state index contributed by atoms with van der Waals surface area (Å²) in [6, 6.07) is 10.4. The van der Waals surface area contributed by atoms with Gasteiger partial charge in [0, 0.05) is 5.56 Å². The number of aromatic nitrogens is 2. The number of benzene rings is 2. The van der Waals surface area contributed by atoms with Gasteiger partial charge in [-0.2, -0.15) is 0 Å². The molecule has 3 rings (SSSR count). The minimum absolute atomic E-state index is 0.159. The van der Waals surface area contributed by atoms with Gasteiger partial charge < -0.3 is 19.4 Å². The van der Waals surface area contributed by atoms with E-state index in [-0.39, 0.29) is 11.5 Å². The van der Waals surface area contributed by atoms with Crippen LogP contribution in [0, 0.1) is 0 Å². The maximum absolute atomic E-state index is 12.3. The lowest BCUT2D eigenvalue weighted by Gasteiger charge is -2.07. The molecule has 6 nitrogen and oxygen atoms in total. The number of ketones is 1. The predicted molar refractivity (Wildman–Crippen MR) is 91.8 cm³/mol. The van der Waals surface area contributed by atoms with Gasteiger partial charge in [-0.05, 0) is 42.0 Å². The van der Waals surface area contributed by atoms with Crippen molar-refractivity contribution in [1.29, 1.82) is 0 Å². The van der Waals surface area contributed by atoms with Crippen LogP contribution in [0.4, 0.5) is 0 Å². The average Bonchev–Trinajstić information content (AvgIpc) is 2.98. The molecular weight excluding hydrogens is 308 g/mol. The number of H-pyrrole nitrogens is 2. The van der Waals surface area contributed by atoms with E-state index in [9.17, 15) is 9.59 Å². The first kappa shape index (κ1) is 15.6. The minimum atomic E-state index is -0.296. The summed E-state index contributed by atoms with van der Waals surface area (Å²) in [5.41, 5.74) is 2.29. The smallest absolute Gasteiger partial charge is 0.323 e. The lowest BCUT2D eigenvalue weighted by molar-refractivity contribution is 0.104. The zero-order valence-corrected chi connectivity index (χ0v) is 13.3. The Morgan fingerprint density at radius 3 is 2.46 bits per heavy atom. The Morgan fingerprint density at radius 2 is 1.71 bits per heavy atom. The molecule has 0 amide bonds. The first-order valence-corrected chi connectivity index (χ1v) is 7.27. The van der Waals surface area contributed by atoms with E-state index in [1.165, 1.54) is 6.08 Å². The summed E-state index contributed by atoms with van der Waals surface area (Å²) in [5, 5.41) is 0. The van der Waals surface area contributed by atoms with E-state index >= 15 is 0 Å². The van der Waals surface area contributed by atoms with E-state index in [4.69, 9.17) is 9.47 Å². The van der Waals surface area contributed by atoms with E-state index in [1.807, 2.05) is 6.07 Å². The number of carbonyl (C=O) groups excluding carboxylic acids is 1. The molecule has 0 bridgehead atoms. The van der Waals surface area contributed by atoms with E-state index in [1.54, 1.807) is 50.6 Å². The predicted octanol–water partition coefficient (Wildman–Crippen LogP) is 2.77. The zero-order valence-electron chi connectivity index (χ0n) is 13.3. The minimum Gasteiger partial charge on any atom is -0.493 e. The van der Waals surface area contributed by atoms with Crippen molar-refractivity contribution in [1.82, 2.24) is 9.97 Å². The second-order valence-electron chi connectivity index (χ2n) is 5.15. The Balaban J connectivity index is 1.84. The molecule has 0 aliphatic carbocycles. The van der Waals surface area contributed by atoms with Gasteiger partial charge in [0.05, 0.1) is 25.3 Å². The van der Waals surface area contributed by atoms with Crippen LogP contribution in [0.5, 0.6) is 11.5 Å². The fourth-order valence-electron chi connectivity index (χ4n) is 2.41. The Morgan fingerprint density at radius 1 is 0.958 bits per heavy atom. The number of hydrogen-bond acceptors (Lipinski definition) is 4. The van der Waals surface area contributed by atoms with Crippen molar-refractivity contribution in [3.63, 3.8) is 0 Å². The molecule has 122 valence electrons. The van der Waals surface area contributed by atoms with Crippen molar-refractivity contribution < 1.29 is 14.3 Å². The first-order chi connectivity index (χ1) is 11.6. The molecule has 2 N–H and O–H groups in total. The lowest BCUT2D eigenvalue weighted by atomic mass is 10.1. The number of methoxy groups -OCH3 is 2. The summed E-state index contributed by atoms with van der Waals surface area (Å²) in [4.78, 5) is 28.8. The Hall–Kier alpha value is -3.28. The maximum Gasteiger partial charge on any atom is 0.323 e. The third kappa shape index (κ3) is 3.08. The number of fused-ring (bicyclic) bond motifs is 1. The molecule has 0 spiro atoms. The highest BCUT2D eigenvalue weighted by Gasteiger charge is 2.06. The summed E-state index contributed by atoms with van der Waals surface area (Å²) in [5.74, 6) is 1.06. The molecule has 0 unspecified atom stereocenters. The summed E-state index contributed by atoms with van der Waals surface area (Å²) < 4.78 is 10.4. The Kier molecular flexibility index (Phi) is 4.20. The van der Waals surface area contributed by atoms with Crippen molar-refractivity contribution in [2.45, 2.75) is 0 Å². The van der Waals surface area contributed by atoms with E-state index in [2.05, 4.69) is 9.97 Å². The standard InChI is InChI=1S/C18H16N2O4/c1-23-16-8-4-11(9-17(16)24-2)3-7-15(21)12-5-6-13-14(10-12)20-18(22)19-13/h3-10H,1-2H3,(H2,19,20,22)/b7-3+. The molecule has 0 saturated heterocycles. The summed E-state index contributed by atoms with van der Waals surface area (Å²) in [6.07, 6.45) is 3.18. The van der Waals surface area contributed by atoms with Gasteiger partial charge in [-0.25, -0.2) is 4.79 Å². The lowest BCUT2D eigenvalue weighted by Crippen LogP contribution is -1.99. The number of hydrogen-bond donors (Lipinski definition) is 2. The highest BCUT2D eigenvalue weighted by molar-refractivity contribution is 6.08. The normalized spacial score (nSPS) is 11.1. The van der Waals surface area contributed by atoms with Gasteiger partial charge in [-0.1, -0.05) is 12.1 Å². The van der Waals surface area contributed by atoms with Crippen LogP contribution in [0.25, 0.3) is 17.1 Å². The molecule has 1 heterocycles. The third-order valence-corrected chi connectivity index (χ3v) is 3.64. The number of rotatable bonds is 5. The SMILES string of the molecule is COc1ccc(/C=C/C(=O)c2ccc3[nH]c(=O)[nH]c3c2)cc1OC. The van der Waals surface area contributed by atoms with Gasteiger partial charge >= 0.3 is 5.69 Å². The Labute approximate surface area is 137 Å². The molecule has 2 aromatic carbocycles. The molecule has 0 saturated carbocycles. The van der Waals surface area contributed by atoms with E-state index in [0.717, 1.165) is 5.56 Å². The number of carbonyl (C=O) groups is 1. The highest BCUT2D eigenvalue weighted by atomic mass is 16.5. The van der Waals surface area contributed by atoms with Gasteiger partial charge in [0.25, 0.3) is 0 Å². The molecule has 6 heteroatoms. The molecule has 0 fully saturated rings. The quantitative estimate of drug-likeness (QED) is 0.558. The second-order valence-corrected chi connectivity index (χ2v) is 5.15. The number of ether oxygens (including phenoxy) is 2. The zero-order chi connectivity index (χ0) is 17.1. The van der Waals surface area contributed by atoms with Crippen LogP contribution in [-0.2, 0) is 0 Å². The van der Waals surface area contributed by atoms with Gasteiger partial charge in [0.1, 0.15) is 0 Å². The summed E-state index contributed by atoms with van der Waals surface area (Å²) >= 11 is 0. The second kappa shape index (κ2) is 6.45. The van der Waals surface area contributed by atoms with Crippen molar-refractivity contribution in [2.24, 2.45) is 0 Å². The fourth-order valence-corrected chi connectivity index (χ4v) is 2.41. The molecule has 0 aliphatic heterocycles. The van der Waals surface area contributed by atoms with Gasteiger partial charge in [0.15, 0.2) is 17.3 Å². The number of nitrogens with one attached hydrogen (secondary N) is 2. The molecule has 0 aliphatic rings. The number of imidazole rings is 1. The number of allylic oxidation sites excluding steroid dienone is 1. The average molecular weight is 324 g/mol. The maximum atomic E-state index is 12.3. The molecular formula is C18H16N2O4. The molecule has 0 radical (unpaired) electrons. The topological polar surface area (TPSA) is 84.2 Å². The van der Waals surface area contributed by atoms with Crippen LogP contribution >= 0.6 is 0 Å². The summed E-state index contributed by atoms with van der Waals surface area (Å²) in [6.45, 7) is 0. The van der Waals surface area contributed by atoms with Crippen molar-refractivity contribution >= 4 is 22.9 Å². The molecule has 3 aromatic rings. The van der Waals surface area contributed by atoms with Gasteiger partial charge in [-0.3, -0.25) is 4.79 Å². The van der Waals surface area contributed by atoms with E-state index < -0.39 is 0 Å². The molecule has 1 aromatic heterocycles. The third-order valence-electron chi connectivity index (χ3n) is 3.64. The van der Waals surface area contributed by atoms with Gasteiger partial charge in [0.2, 0.25) is 0 Å². The van der Waals surface area contributed by atoms with Crippen LogP contribution < -0.4 is 15.2 Å². The monoisotopic (exact) mass is 324 g/mol. The van der Waals surface area contributed by atoms with Gasteiger partial charge in [-0.15, -0.1) is 0 Å². The molecule has 0 atom stereocenters. The van der Waals surface area contributed by atoms with Crippen LogP contribution in [0.2, 0.25) is 0 Å². The summed E-state index contributed by atoms with van der Waals surface area (Å²) in [7, 11) is 3.13. The van der Waals surface area contributed by atoms with Crippen LogP contribution in [0.15, 0.2) is 47.3 Å². The fraction of sp³-hybridized carbons (Fsp3) is 0.111. The van der Waals surface area contributed by atoms with Crippen molar-refractivity contribution in [3.05, 3.63) is 64.1 Å².